The van der Waals surface area contributed by atoms with Crippen LogP contribution in [0.2, 0.25) is 0 Å². The molecular formula is C26H24ClN5O3. The molecule has 35 heavy (non-hydrogen) atoms. The Bertz CT molecular complexity index is 1320. The molecule has 8 nitrogen and oxygen atoms in total. The van der Waals surface area contributed by atoms with Crippen molar-refractivity contribution in [1.29, 1.82) is 0 Å². The number of nitrogens with one attached hydrogen (secondary N) is 2. The molecule has 1 atom stereocenters. The summed E-state index contributed by atoms with van der Waals surface area (Å²) in [5.74, 6) is 0. The summed E-state index contributed by atoms with van der Waals surface area (Å²) in [5, 5.41) is 3.00. The van der Waals surface area contributed by atoms with Crippen LogP contribution in [0, 0.1) is 0 Å². The first-order chi connectivity index (χ1) is 16.7. The molecule has 1 unspecified atom stereocenters. The van der Waals surface area contributed by atoms with Gasteiger partial charge in [-0.05, 0) is 12.1 Å². The van der Waals surface area contributed by atoms with E-state index in [4.69, 9.17) is 4.74 Å². The van der Waals surface area contributed by atoms with Crippen molar-refractivity contribution >= 4 is 41.3 Å². The van der Waals surface area contributed by atoms with E-state index >= 15 is 0 Å². The fraction of sp³-hybridized carbons (Fsp3) is 0.192. The van der Waals surface area contributed by atoms with E-state index in [1.54, 1.807) is 16.1 Å². The minimum absolute atomic E-state index is 0. The lowest BCUT2D eigenvalue weighted by atomic mass is 9.79. The van der Waals surface area contributed by atoms with Crippen molar-refractivity contribution < 1.29 is 14.3 Å². The summed E-state index contributed by atoms with van der Waals surface area (Å²) in [6, 6.07) is 24.5. The van der Waals surface area contributed by atoms with Gasteiger partial charge < -0.3 is 19.9 Å². The Morgan fingerprint density at radius 2 is 1.66 bits per heavy atom. The van der Waals surface area contributed by atoms with Crippen LogP contribution in [-0.2, 0) is 10.3 Å². The van der Waals surface area contributed by atoms with Crippen LogP contribution >= 0.6 is 12.4 Å². The Hall–Kier alpha value is -4.04. The van der Waals surface area contributed by atoms with Crippen LogP contribution < -0.4 is 5.32 Å². The number of aromatic nitrogens is 2. The number of urea groups is 1. The Kier molecular flexibility index (Phi) is 5.82. The molecule has 0 aliphatic carbocycles. The number of benzene rings is 3. The number of halogens is 1. The molecule has 2 fully saturated rings. The van der Waals surface area contributed by atoms with E-state index in [2.05, 4.69) is 15.3 Å². The summed E-state index contributed by atoms with van der Waals surface area (Å²) < 4.78 is 6.18. The number of imidazole rings is 1. The van der Waals surface area contributed by atoms with Crippen LogP contribution in [0.3, 0.4) is 0 Å². The van der Waals surface area contributed by atoms with Gasteiger partial charge in [0.05, 0.1) is 17.5 Å². The largest absolute Gasteiger partial charge is 0.431 e. The second-order valence-electron chi connectivity index (χ2n) is 8.53. The van der Waals surface area contributed by atoms with Gasteiger partial charge in [0.25, 0.3) is 0 Å². The van der Waals surface area contributed by atoms with Crippen LogP contribution in [-0.4, -0.2) is 57.6 Å². The number of H-pyrrole nitrogens is 1. The van der Waals surface area contributed by atoms with Gasteiger partial charge in [0.1, 0.15) is 11.6 Å². The monoisotopic (exact) mass is 489 g/mol. The molecule has 2 N–H and O–H groups in total. The molecule has 178 valence electrons. The number of nitrogens with zero attached hydrogens (tertiary/aromatic N) is 3. The van der Waals surface area contributed by atoms with Crippen LogP contribution in [0.5, 0.6) is 0 Å². The molecule has 0 radical (unpaired) electrons. The summed E-state index contributed by atoms with van der Waals surface area (Å²) in [4.78, 5) is 37.2. The number of carbonyl (C=O) groups is 2. The minimum Gasteiger partial charge on any atom is -0.431 e. The molecule has 0 saturated carbocycles. The number of piperazine rings is 1. The Labute approximate surface area is 208 Å². The average molecular weight is 490 g/mol. The molecular weight excluding hydrogens is 466 g/mol. The highest BCUT2D eigenvalue weighted by atomic mass is 35.5. The zero-order valence-corrected chi connectivity index (χ0v) is 19.6. The number of ether oxygens (including phenoxy) is 1. The number of rotatable bonds is 3. The fourth-order valence-corrected chi connectivity index (χ4v) is 5.10. The molecule has 0 spiro atoms. The van der Waals surface area contributed by atoms with E-state index < -0.39 is 5.60 Å². The van der Waals surface area contributed by atoms with Gasteiger partial charge in [0.2, 0.25) is 0 Å². The predicted molar refractivity (Wildman–Crippen MR) is 135 cm³/mol. The molecule has 0 bridgehead atoms. The SMILES string of the molecule is Cl.O=C(Nc1cccc2[nH]cnc12)N1CCN2C(=O)OC(c3ccccc3)(c3ccccc3)C2C1. The van der Waals surface area contributed by atoms with Gasteiger partial charge in [-0.3, -0.25) is 4.90 Å². The van der Waals surface area contributed by atoms with E-state index in [-0.39, 0.29) is 30.6 Å². The fourth-order valence-electron chi connectivity index (χ4n) is 5.10. The van der Waals surface area contributed by atoms with Crippen molar-refractivity contribution in [3.05, 3.63) is 96.3 Å². The van der Waals surface area contributed by atoms with Crippen LogP contribution in [0.15, 0.2) is 85.2 Å². The maximum absolute atomic E-state index is 13.3. The maximum Gasteiger partial charge on any atom is 0.411 e. The number of amides is 3. The normalized spacial score (nSPS) is 18.5. The molecule has 2 aliphatic rings. The van der Waals surface area contributed by atoms with Gasteiger partial charge in [-0.15, -0.1) is 12.4 Å². The van der Waals surface area contributed by atoms with Crippen molar-refractivity contribution in [2.45, 2.75) is 11.6 Å². The highest BCUT2D eigenvalue weighted by Gasteiger charge is 2.58. The van der Waals surface area contributed by atoms with Crippen LogP contribution in [0.25, 0.3) is 11.0 Å². The molecule has 2 saturated heterocycles. The van der Waals surface area contributed by atoms with Crippen molar-refractivity contribution in [3.8, 4) is 0 Å². The molecule has 1 aromatic heterocycles. The van der Waals surface area contributed by atoms with E-state index in [0.717, 1.165) is 16.6 Å². The lowest BCUT2D eigenvalue weighted by Gasteiger charge is -2.42. The summed E-state index contributed by atoms with van der Waals surface area (Å²) in [5.41, 5.74) is 2.95. The van der Waals surface area contributed by atoms with Gasteiger partial charge in [-0.2, -0.15) is 0 Å². The number of carbonyl (C=O) groups excluding carboxylic acids is 2. The van der Waals surface area contributed by atoms with Gasteiger partial charge in [0, 0.05) is 30.8 Å². The first kappa shape index (κ1) is 22.7. The first-order valence-corrected chi connectivity index (χ1v) is 11.3. The first-order valence-electron chi connectivity index (χ1n) is 11.3. The quantitative estimate of drug-likeness (QED) is 0.440. The number of aromatic amines is 1. The average Bonchev–Trinajstić information content (AvgIpc) is 3.49. The van der Waals surface area contributed by atoms with Gasteiger partial charge in [-0.1, -0.05) is 66.7 Å². The number of cyclic esters (lactones) is 1. The molecule has 3 amide bonds. The molecule has 2 aliphatic heterocycles. The van der Waals surface area contributed by atoms with Gasteiger partial charge in [-0.25, -0.2) is 14.6 Å². The molecule has 9 heteroatoms. The molecule has 4 aromatic rings. The zero-order chi connectivity index (χ0) is 23.1. The lowest BCUT2D eigenvalue weighted by Crippen LogP contribution is -2.59. The van der Waals surface area contributed by atoms with Crippen molar-refractivity contribution in [2.75, 3.05) is 25.0 Å². The number of fused-ring (bicyclic) bond motifs is 2. The van der Waals surface area contributed by atoms with Gasteiger partial charge >= 0.3 is 12.1 Å². The number of hydrogen-bond donors (Lipinski definition) is 2. The molecule has 3 aromatic carbocycles. The summed E-state index contributed by atoms with van der Waals surface area (Å²) in [6.45, 7) is 1.14. The van der Waals surface area contributed by atoms with Crippen molar-refractivity contribution in [2.24, 2.45) is 0 Å². The van der Waals surface area contributed by atoms with Crippen molar-refractivity contribution in [1.82, 2.24) is 19.8 Å². The molecule has 3 heterocycles. The second kappa shape index (κ2) is 8.96. The van der Waals surface area contributed by atoms with Crippen LogP contribution in [0.4, 0.5) is 15.3 Å². The third-order valence-corrected chi connectivity index (χ3v) is 6.72. The Morgan fingerprint density at radius 1 is 0.971 bits per heavy atom. The van der Waals surface area contributed by atoms with E-state index in [1.165, 1.54) is 0 Å². The smallest absolute Gasteiger partial charge is 0.411 e. The number of para-hydroxylation sites is 1. The lowest BCUT2D eigenvalue weighted by molar-refractivity contribution is 0.0525. The van der Waals surface area contributed by atoms with E-state index in [1.807, 2.05) is 78.9 Å². The summed E-state index contributed by atoms with van der Waals surface area (Å²) in [6.07, 6.45) is 1.24. The highest BCUT2D eigenvalue weighted by Crippen LogP contribution is 2.45. The zero-order valence-electron chi connectivity index (χ0n) is 18.8. The topological polar surface area (TPSA) is 90.6 Å². The number of hydrogen-bond acceptors (Lipinski definition) is 4. The van der Waals surface area contributed by atoms with Crippen LogP contribution in [0.1, 0.15) is 11.1 Å². The third-order valence-electron chi connectivity index (χ3n) is 6.72. The molecule has 6 rings (SSSR count). The highest BCUT2D eigenvalue weighted by molar-refractivity contribution is 5.98. The number of anilines is 1. The Balaban J connectivity index is 0.00000253. The maximum atomic E-state index is 13.3. The summed E-state index contributed by atoms with van der Waals surface area (Å²) in [7, 11) is 0. The standard InChI is InChI=1S/C26H23N5O3.ClH/c32-24(29-21-13-7-12-20-23(21)28-17-27-20)30-14-15-31-22(16-30)26(34-25(31)33,18-8-3-1-4-9-18)19-10-5-2-6-11-19;/h1-13,17,22H,14-16H2,(H,27,28)(H,29,32);1H. The Morgan fingerprint density at radius 3 is 2.34 bits per heavy atom. The van der Waals surface area contributed by atoms with Gasteiger partial charge in [0.15, 0.2) is 5.60 Å². The van der Waals surface area contributed by atoms with E-state index in [0.29, 0.717) is 30.8 Å². The van der Waals surface area contributed by atoms with E-state index in [9.17, 15) is 9.59 Å². The predicted octanol–water partition coefficient (Wildman–Crippen LogP) is 4.60. The minimum atomic E-state index is -1.01. The third kappa shape index (κ3) is 3.66. The van der Waals surface area contributed by atoms with Crippen molar-refractivity contribution in [3.63, 3.8) is 0 Å². The second-order valence-corrected chi connectivity index (χ2v) is 8.53. The summed E-state index contributed by atoms with van der Waals surface area (Å²) >= 11 is 0.